The summed E-state index contributed by atoms with van der Waals surface area (Å²) in [7, 11) is 0. The minimum Gasteiger partial charge on any atom is -0.323 e. The van der Waals surface area contributed by atoms with Gasteiger partial charge < -0.3 is 10.6 Å². The lowest BCUT2D eigenvalue weighted by molar-refractivity contribution is -0.134. The number of para-hydroxylation sites is 1. The van der Waals surface area contributed by atoms with E-state index in [4.69, 9.17) is 0 Å². The van der Waals surface area contributed by atoms with E-state index in [-0.39, 0.29) is 18.4 Å². The smallest absolute Gasteiger partial charge is 0.323 e. The molecule has 4 amide bonds. The quantitative estimate of drug-likeness (QED) is 0.833. The highest BCUT2D eigenvalue weighted by molar-refractivity contribution is 6.10. The van der Waals surface area contributed by atoms with E-state index in [1.54, 1.807) is 19.2 Å². The summed E-state index contributed by atoms with van der Waals surface area (Å²) in [6.07, 6.45) is 3.40. The second kappa shape index (κ2) is 5.54. The molecule has 4 rings (SSSR count). The van der Waals surface area contributed by atoms with Gasteiger partial charge in [0.05, 0.1) is 17.4 Å². The number of hydrogen-bond donors (Lipinski definition) is 2. The number of aromatic nitrogens is 1. The molecule has 1 aromatic carbocycles. The van der Waals surface area contributed by atoms with Crippen molar-refractivity contribution < 1.29 is 14.4 Å². The van der Waals surface area contributed by atoms with Crippen LogP contribution in [0.5, 0.6) is 0 Å². The van der Waals surface area contributed by atoms with Crippen molar-refractivity contribution in [1.29, 1.82) is 0 Å². The number of urea groups is 1. The molecule has 1 saturated carbocycles. The van der Waals surface area contributed by atoms with Crippen molar-refractivity contribution in [1.82, 2.24) is 15.2 Å². The number of carbonyl (C=O) groups excluding carboxylic acids is 3. The van der Waals surface area contributed by atoms with Crippen LogP contribution in [-0.2, 0) is 9.59 Å². The molecule has 0 spiro atoms. The first-order valence-corrected chi connectivity index (χ1v) is 8.26. The predicted octanol–water partition coefficient (Wildman–Crippen LogP) is 1.89. The summed E-state index contributed by atoms with van der Waals surface area (Å²) in [4.78, 5) is 42.2. The number of hydrogen-bond acceptors (Lipinski definition) is 4. The Balaban J connectivity index is 1.46. The first-order chi connectivity index (χ1) is 12.0. The molecule has 0 bridgehead atoms. The molecule has 7 heteroatoms. The van der Waals surface area contributed by atoms with Crippen LogP contribution < -0.4 is 10.6 Å². The zero-order valence-corrected chi connectivity index (χ0v) is 13.8. The van der Waals surface area contributed by atoms with Crippen LogP contribution in [0.1, 0.15) is 19.8 Å². The van der Waals surface area contributed by atoms with Gasteiger partial charge in [0.15, 0.2) is 0 Å². The van der Waals surface area contributed by atoms with Gasteiger partial charge in [-0.3, -0.25) is 19.5 Å². The van der Waals surface area contributed by atoms with Crippen molar-refractivity contribution in [2.75, 3.05) is 11.9 Å². The van der Waals surface area contributed by atoms with Crippen molar-refractivity contribution in [3.05, 3.63) is 36.5 Å². The summed E-state index contributed by atoms with van der Waals surface area (Å²) in [6, 6.07) is 8.86. The standard InChI is InChI=1S/C18H18N4O3/c1-18(12-6-7-12)16(24)22(17(25)21-18)10-15(23)20-13-8-11-4-2-3-5-14(11)19-9-13/h2-5,8-9,12H,6-7,10H2,1H3,(H,20,23)(H,21,25). The third kappa shape index (κ3) is 2.71. The third-order valence-electron chi connectivity index (χ3n) is 4.87. The van der Waals surface area contributed by atoms with Crippen LogP contribution in [0.4, 0.5) is 10.5 Å². The van der Waals surface area contributed by atoms with E-state index in [2.05, 4.69) is 15.6 Å². The highest BCUT2D eigenvalue weighted by Crippen LogP contribution is 2.42. The van der Waals surface area contributed by atoms with Crippen LogP contribution in [0.2, 0.25) is 0 Å². The van der Waals surface area contributed by atoms with Gasteiger partial charge in [-0.05, 0) is 37.8 Å². The van der Waals surface area contributed by atoms with Crippen molar-refractivity contribution in [3.63, 3.8) is 0 Å². The molecule has 2 aromatic rings. The number of carbonyl (C=O) groups is 3. The Morgan fingerprint density at radius 2 is 2.12 bits per heavy atom. The molecule has 1 aliphatic heterocycles. The fourth-order valence-corrected chi connectivity index (χ4v) is 3.28. The molecule has 2 fully saturated rings. The molecule has 1 atom stereocenters. The summed E-state index contributed by atoms with van der Waals surface area (Å²) in [6.45, 7) is 1.43. The Morgan fingerprint density at radius 3 is 2.88 bits per heavy atom. The molecule has 1 aromatic heterocycles. The number of amides is 4. The molecule has 1 saturated heterocycles. The molecule has 2 aliphatic rings. The molecule has 7 nitrogen and oxygen atoms in total. The molecule has 1 aliphatic carbocycles. The Bertz CT molecular complexity index is 893. The molecular formula is C18H18N4O3. The maximum atomic E-state index is 12.5. The summed E-state index contributed by atoms with van der Waals surface area (Å²) < 4.78 is 0. The maximum absolute atomic E-state index is 12.5. The Hall–Kier alpha value is -2.96. The Morgan fingerprint density at radius 1 is 1.36 bits per heavy atom. The largest absolute Gasteiger partial charge is 0.325 e. The number of benzene rings is 1. The lowest BCUT2D eigenvalue weighted by atomic mass is 9.96. The molecule has 25 heavy (non-hydrogen) atoms. The fourth-order valence-electron chi connectivity index (χ4n) is 3.28. The number of nitrogens with one attached hydrogen (secondary N) is 2. The van der Waals surface area contributed by atoms with Crippen LogP contribution >= 0.6 is 0 Å². The van der Waals surface area contributed by atoms with Gasteiger partial charge in [0.1, 0.15) is 12.1 Å². The van der Waals surface area contributed by atoms with Gasteiger partial charge in [0.2, 0.25) is 5.91 Å². The number of pyridine rings is 1. The topological polar surface area (TPSA) is 91.4 Å². The van der Waals surface area contributed by atoms with Crippen molar-refractivity contribution >= 4 is 34.4 Å². The second-order valence-electron chi connectivity index (χ2n) is 6.76. The summed E-state index contributed by atoms with van der Waals surface area (Å²) >= 11 is 0. The SMILES string of the molecule is CC1(C2CC2)NC(=O)N(CC(=O)Nc2cnc3ccccc3c2)C1=O. The minimum atomic E-state index is -0.873. The van der Waals surface area contributed by atoms with Gasteiger partial charge in [0, 0.05) is 5.39 Å². The first kappa shape index (κ1) is 15.6. The summed E-state index contributed by atoms with van der Waals surface area (Å²) in [5.74, 6) is -0.589. The Kier molecular flexibility index (Phi) is 3.45. The fraction of sp³-hybridized carbons (Fsp3) is 0.333. The van der Waals surface area contributed by atoms with Crippen molar-refractivity contribution in [2.45, 2.75) is 25.3 Å². The average Bonchev–Trinajstić information content (AvgIpc) is 3.41. The van der Waals surface area contributed by atoms with Gasteiger partial charge in [-0.15, -0.1) is 0 Å². The van der Waals surface area contributed by atoms with E-state index in [1.807, 2.05) is 24.3 Å². The second-order valence-corrected chi connectivity index (χ2v) is 6.76. The van der Waals surface area contributed by atoms with Crippen LogP contribution in [0.25, 0.3) is 10.9 Å². The first-order valence-electron chi connectivity index (χ1n) is 8.26. The number of rotatable bonds is 4. The summed E-state index contributed by atoms with van der Waals surface area (Å²) in [5, 5.41) is 6.33. The Labute approximate surface area is 144 Å². The van der Waals surface area contributed by atoms with Gasteiger partial charge >= 0.3 is 6.03 Å². The van der Waals surface area contributed by atoms with E-state index in [1.165, 1.54) is 0 Å². The number of imide groups is 1. The maximum Gasteiger partial charge on any atom is 0.325 e. The molecule has 0 radical (unpaired) electrons. The highest BCUT2D eigenvalue weighted by atomic mass is 16.2. The molecule has 2 heterocycles. The normalized spacial score (nSPS) is 23.0. The van der Waals surface area contributed by atoms with Crippen LogP contribution in [0.3, 0.4) is 0 Å². The minimum absolute atomic E-state index is 0.168. The molecular weight excluding hydrogens is 320 g/mol. The number of anilines is 1. The van der Waals surface area contributed by atoms with Gasteiger partial charge in [-0.25, -0.2) is 4.79 Å². The number of nitrogens with zero attached hydrogens (tertiary/aromatic N) is 2. The summed E-state index contributed by atoms with van der Waals surface area (Å²) in [5.41, 5.74) is 0.484. The lowest BCUT2D eigenvalue weighted by Gasteiger charge is -2.20. The van der Waals surface area contributed by atoms with E-state index in [0.717, 1.165) is 28.6 Å². The van der Waals surface area contributed by atoms with Crippen molar-refractivity contribution in [2.24, 2.45) is 5.92 Å². The van der Waals surface area contributed by atoms with E-state index >= 15 is 0 Å². The molecule has 2 N–H and O–H groups in total. The monoisotopic (exact) mass is 338 g/mol. The highest BCUT2D eigenvalue weighted by Gasteiger charge is 2.56. The van der Waals surface area contributed by atoms with Gasteiger partial charge in [0.25, 0.3) is 5.91 Å². The van der Waals surface area contributed by atoms with Crippen LogP contribution in [0.15, 0.2) is 36.5 Å². The van der Waals surface area contributed by atoms with Gasteiger partial charge in [-0.2, -0.15) is 0 Å². The van der Waals surface area contributed by atoms with Gasteiger partial charge in [-0.1, -0.05) is 18.2 Å². The van der Waals surface area contributed by atoms with Crippen molar-refractivity contribution in [3.8, 4) is 0 Å². The van der Waals surface area contributed by atoms with E-state index in [9.17, 15) is 14.4 Å². The van der Waals surface area contributed by atoms with Crippen LogP contribution in [0, 0.1) is 5.92 Å². The molecule has 128 valence electrons. The zero-order valence-electron chi connectivity index (χ0n) is 13.8. The number of fused-ring (bicyclic) bond motifs is 1. The predicted molar refractivity (Wildman–Crippen MR) is 91.7 cm³/mol. The third-order valence-corrected chi connectivity index (χ3v) is 4.87. The lowest BCUT2D eigenvalue weighted by Crippen LogP contribution is -2.46. The zero-order chi connectivity index (χ0) is 17.6. The van der Waals surface area contributed by atoms with Crippen LogP contribution in [-0.4, -0.2) is 39.8 Å². The van der Waals surface area contributed by atoms with E-state index < -0.39 is 17.5 Å². The molecule has 1 unspecified atom stereocenters. The van der Waals surface area contributed by atoms with E-state index in [0.29, 0.717) is 5.69 Å². The average molecular weight is 338 g/mol.